The van der Waals surface area contributed by atoms with Gasteiger partial charge in [-0.1, -0.05) is 0 Å². The van der Waals surface area contributed by atoms with Gasteiger partial charge in [-0.25, -0.2) is 0 Å². The van der Waals surface area contributed by atoms with Crippen LogP contribution in [0.15, 0.2) is 27.9 Å². The number of nitrogens with zero attached hydrogens (tertiary/aromatic N) is 4. The predicted molar refractivity (Wildman–Crippen MR) is 45.4 cm³/mol. The molecule has 0 atom stereocenters. The van der Waals surface area contributed by atoms with Gasteiger partial charge in [0.05, 0.1) is 0 Å². The Balaban J connectivity index is 2.97. The van der Waals surface area contributed by atoms with Gasteiger partial charge in [-0.05, 0) is 38.7 Å². The quantitative estimate of drug-likeness (QED) is 0.419. The number of azide groups is 1. The second-order valence-electron chi connectivity index (χ2n) is 1.86. The molecular weight excluding hydrogens is 224 g/mol. The standard InChI is InChI=1S/C6H3BrN4O/c7-4-1-2-5(9-3-4)6(12)10-11-8/h1-3H. The first-order chi connectivity index (χ1) is 5.74. The Bertz CT molecular complexity index is 341. The summed E-state index contributed by atoms with van der Waals surface area (Å²) in [6.45, 7) is 0. The third kappa shape index (κ3) is 2.05. The van der Waals surface area contributed by atoms with Gasteiger partial charge in [0, 0.05) is 15.6 Å². The van der Waals surface area contributed by atoms with Crippen LogP contribution in [0, 0.1) is 0 Å². The lowest BCUT2D eigenvalue weighted by Crippen LogP contribution is -1.95. The third-order valence-corrected chi connectivity index (χ3v) is 1.55. The highest BCUT2D eigenvalue weighted by molar-refractivity contribution is 9.10. The van der Waals surface area contributed by atoms with Crippen LogP contribution >= 0.6 is 15.9 Å². The summed E-state index contributed by atoms with van der Waals surface area (Å²) in [7, 11) is 0. The molecule has 60 valence electrons. The van der Waals surface area contributed by atoms with Gasteiger partial charge >= 0.3 is 0 Å². The van der Waals surface area contributed by atoms with Gasteiger partial charge in [0.25, 0.3) is 5.91 Å². The van der Waals surface area contributed by atoms with E-state index in [1.807, 2.05) is 0 Å². The second kappa shape index (κ2) is 3.85. The first-order valence-electron chi connectivity index (χ1n) is 2.95. The number of amides is 1. The van der Waals surface area contributed by atoms with Crippen molar-refractivity contribution in [2.75, 3.05) is 0 Å². The van der Waals surface area contributed by atoms with Gasteiger partial charge < -0.3 is 0 Å². The highest BCUT2D eigenvalue weighted by atomic mass is 79.9. The molecule has 0 aliphatic carbocycles. The van der Waals surface area contributed by atoms with Crippen molar-refractivity contribution in [1.82, 2.24) is 4.98 Å². The number of hydrogen-bond acceptors (Lipinski definition) is 2. The van der Waals surface area contributed by atoms with Gasteiger partial charge in [-0.3, -0.25) is 9.78 Å². The van der Waals surface area contributed by atoms with Crippen LogP contribution in [0.4, 0.5) is 0 Å². The number of carbonyl (C=O) groups is 1. The maximum Gasteiger partial charge on any atom is 0.267 e. The molecule has 1 rings (SSSR count). The predicted octanol–water partition coefficient (Wildman–Crippen LogP) is 2.29. The van der Waals surface area contributed by atoms with E-state index in [1.165, 1.54) is 12.3 Å². The lowest BCUT2D eigenvalue weighted by Gasteiger charge is -1.92. The van der Waals surface area contributed by atoms with Crippen molar-refractivity contribution < 1.29 is 4.79 Å². The zero-order valence-electron chi connectivity index (χ0n) is 5.81. The molecule has 0 bridgehead atoms. The molecule has 1 heterocycles. The van der Waals surface area contributed by atoms with Gasteiger partial charge in [-0.15, -0.1) is 0 Å². The average Bonchev–Trinajstić information content (AvgIpc) is 2.06. The Kier molecular flexibility index (Phi) is 2.79. The summed E-state index contributed by atoms with van der Waals surface area (Å²) in [6.07, 6.45) is 1.46. The molecular formula is C6H3BrN4O. The Morgan fingerprint density at radius 3 is 2.92 bits per heavy atom. The van der Waals surface area contributed by atoms with E-state index in [1.54, 1.807) is 6.07 Å². The second-order valence-corrected chi connectivity index (χ2v) is 2.77. The van der Waals surface area contributed by atoms with E-state index in [0.29, 0.717) is 0 Å². The number of pyridine rings is 1. The van der Waals surface area contributed by atoms with Gasteiger partial charge in [0.1, 0.15) is 5.69 Å². The monoisotopic (exact) mass is 226 g/mol. The van der Waals surface area contributed by atoms with Crippen LogP contribution in [0.25, 0.3) is 10.4 Å². The normalized spacial score (nSPS) is 8.75. The zero-order valence-corrected chi connectivity index (χ0v) is 7.39. The van der Waals surface area contributed by atoms with E-state index in [4.69, 9.17) is 5.53 Å². The van der Waals surface area contributed by atoms with Crippen LogP contribution < -0.4 is 0 Å². The van der Waals surface area contributed by atoms with E-state index in [2.05, 4.69) is 30.9 Å². The highest BCUT2D eigenvalue weighted by Gasteiger charge is 2.02. The van der Waals surface area contributed by atoms with Crippen LogP contribution in [0.2, 0.25) is 0 Å². The molecule has 0 saturated heterocycles. The minimum Gasteiger partial charge on any atom is -0.285 e. The maximum atomic E-state index is 10.9. The summed E-state index contributed by atoms with van der Waals surface area (Å²) in [5, 5.41) is 2.89. The Morgan fingerprint density at radius 1 is 1.67 bits per heavy atom. The van der Waals surface area contributed by atoms with Crippen LogP contribution in [-0.2, 0) is 0 Å². The van der Waals surface area contributed by atoms with E-state index in [-0.39, 0.29) is 5.69 Å². The number of rotatable bonds is 1. The summed E-state index contributed by atoms with van der Waals surface area (Å²) < 4.78 is 0.764. The number of hydrogen-bond donors (Lipinski definition) is 0. The highest BCUT2D eigenvalue weighted by Crippen LogP contribution is 2.07. The van der Waals surface area contributed by atoms with Crippen molar-refractivity contribution in [3.8, 4) is 0 Å². The van der Waals surface area contributed by atoms with Crippen molar-refractivity contribution >= 4 is 21.8 Å². The lowest BCUT2D eigenvalue weighted by atomic mass is 10.3. The summed E-state index contributed by atoms with van der Waals surface area (Å²) in [5.74, 6) is -0.676. The molecule has 0 spiro atoms. The van der Waals surface area contributed by atoms with Crippen molar-refractivity contribution in [3.63, 3.8) is 0 Å². The summed E-state index contributed by atoms with van der Waals surface area (Å²) in [4.78, 5) is 17.0. The summed E-state index contributed by atoms with van der Waals surface area (Å²) in [5.41, 5.74) is 8.09. The summed E-state index contributed by atoms with van der Waals surface area (Å²) in [6, 6.07) is 3.12. The van der Waals surface area contributed by atoms with Crippen LogP contribution in [-0.4, -0.2) is 10.9 Å². The van der Waals surface area contributed by atoms with E-state index < -0.39 is 5.91 Å². The fraction of sp³-hybridized carbons (Fsp3) is 0. The molecule has 0 N–H and O–H groups in total. The zero-order chi connectivity index (χ0) is 8.97. The molecule has 1 aromatic rings. The molecule has 0 unspecified atom stereocenters. The molecule has 1 amide bonds. The molecule has 0 radical (unpaired) electrons. The van der Waals surface area contributed by atoms with Crippen molar-refractivity contribution in [3.05, 3.63) is 38.9 Å². The maximum absolute atomic E-state index is 10.9. The minimum atomic E-state index is -0.676. The van der Waals surface area contributed by atoms with Crippen molar-refractivity contribution in [2.24, 2.45) is 5.11 Å². The Hall–Kier alpha value is -1.39. The largest absolute Gasteiger partial charge is 0.285 e. The molecule has 6 heteroatoms. The van der Waals surface area contributed by atoms with Crippen molar-refractivity contribution in [2.45, 2.75) is 0 Å². The van der Waals surface area contributed by atoms with Gasteiger partial charge in [0.2, 0.25) is 0 Å². The number of halogens is 1. The Morgan fingerprint density at radius 2 is 2.42 bits per heavy atom. The molecule has 1 aromatic heterocycles. The molecule has 0 saturated carbocycles. The van der Waals surface area contributed by atoms with Crippen molar-refractivity contribution in [1.29, 1.82) is 0 Å². The minimum absolute atomic E-state index is 0.135. The van der Waals surface area contributed by atoms with Crippen LogP contribution in [0.5, 0.6) is 0 Å². The first-order valence-corrected chi connectivity index (χ1v) is 3.74. The van der Waals surface area contributed by atoms with E-state index >= 15 is 0 Å². The lowest BCUT2D eigenvalue weighted by molar-refractivity contribution is 0.0995. The fourth-order valence-electron chi connectivity index (χ4n) is 0.594. The molecule has 0 aliphatic heterocycles. The van der Waals surface area contributed by atoms with Gasteiger partial charge in [-0.2, -0.15) is 0 Å². The molecule has 0 aromatic carbocycles. The summed E-state index contributed by atoms with van der Waals surface area (Å²) >= 11 is 3.16. The molecule has 12 heavy (non-hydrogen) atoms. The van der Waals surface area contributed by atoms with E-state index in [0.717, 1.165) is 4.47 Å². The first kappa shape index (κ1) is 8.70. The Labute approximate surface area is 76.2 Å². The topological polar surface area (TPSA) is 78.7 Å². The average molecular weight is 227 g/mol. The SMILES string of the molecule is [N-]=[N+]=NC(=O)c1ccc(Br)cn1. The smallest absolute Gasteiger partial charge is 0.267 e. The number of aromatic nitrogens is 1. The van der Waals surface area contributed by atoms with Crippen LogP contribution in [0.3, 0.4) is 0 Å². The molecule has 0 fully saturated rings. The van der Waals surface area contributed by atoms with E-state index in [9.17, 15) is 4.79 Å². The fourth-order valence-corrected chi connectivity index (χ4v) is 0.829. The number of carbonyl (C=O) groups excluding carboxylic acids is 1. The third-order valence-electron chi connectivity index (χ3n) is 1.08. The van der Waals surface area contributed by atoms with Gasteiger partial charge in [0.15, 0.2) is 0 Å². The molecule has 5 nitrogen and oxygen atoms in total. The molecule has 0 aliphatic rings. The van der Waals surface area contributed by atoms with Crippen LogP contribution in [0.1, 0.15) is 10.5 Å².